The fourth-order valence-corrected chi connectivity index (χ4v) is 3.26. The lowest BCUT2D eigenvalue weighted by molar-refractivity contribution is -0.144. The number of nitrogens with two attached hydrogens (primary N) is 2. The van der Waals surface area contributed by atoms with E-state index in [1.165, 1.54) is 11.8 Å². The Labute approximate surface area is 170 Å². The zero-order valence-electron chi connectivity index (χ0n) is 16.1. The first-order chi connectivity index (χ1) is 13.2. The molecule has 7 N–H and O–H groups in total. The van der Waals surface area contributed by atoms with Crippen LogP contribution in [0.25, 0.3) is 0 Å². The van der Waals surface area contributed by atoms with Crippen LogP contribution in [0.5, 0.6) is 0 Å². The molecule has 0 aliphatic carbocycles. The predicted octanol–water partition coefficient (Wildman–Crippen LogP) is -1.56. The lowest BCUT2D eigenvalue weighted by atomic mass is 10.1. The van der Waals surface area contributed by atoms with E-state index in [2.05, 4.69) is 23.3 Å². The van der Waals surface area contributed by atoms with Crippen molar-refractivity contribution >= 4 is 36.3 Å². The number of carbonyl (C=O) groups is 4. The first-order valence-corrected chi connectivity index (χ1v) is 10.1. The molecule has 1 aliphatic rings. The van der Waals surface area contributed by atoms with E-state index >= 15 is 0 Å². The highest BCUT2D eigenvalue weighted by atomic mass is 32.1. The maximum absolute atomic E-state index is 12.8. The Morgan fingerprint density at radius 2 is 1.89 bits per heavy atom. The zero-order valence-corrected chi connectivity index (χ0v) is 17.0. The summed E-state index contributed by atoms with van der Waals surface area (Å²) < 4.78 is 0. The number of rotatable bonds is 11. The second-order valence-corrected chi connectivity index (χ2v) is 7.27. The number of likely N-dealkylation sites (tertiary alicyclic amines) is 1. The summed E-state index contributed by atoms with van der Waals surface area (Å²) in [6, 6.07) is -3.50. The van der Waals surface area contributed by atoms with Gasteiger partial charge in [-0.15, -0.1) is 0 Å². The molecule has 4 unspecified atom stereocenters. The second-order valence-electron chi connectivity index (χ2n) is 6.91. The lowest BCUT2D eigenvalue weighted by Crippen LogP contribution is -2.57. The molecule has 28 heavy (non-hydrogen) atoms. The highest BCUT2D eigenvalue weighted by Gasteiger charge is 2.38. The van der Waals surface area contributed by atoms with E-state index in [0.29, 0.717) is 38.8 Å². The smallest absolute Gasteiger partial charge is 0.326 e. The van der Waals surface area contributed by atoms with Gasteiger partial charge < -0.3 is 32.1 Å². The molecule has 0 radical (unpaired) electrons. The molecule has 11 heteroatoms. The van der Waals surface area contributed by atoms with Gasteiger partial charge in [-0.05, 0) is 45.6 Å². The predicted molar refractivity (Wildman–Crippen MR) is 107 cm³/mol. The van der Waals surface area contributed by atoms with Gasteiger partial charge in [0.2, 0.25) is 17.7 Å². The molecule has 1 saturated heterocycles. The largest absolute Gasteiger partial charge is 0.480 e. The molecule has 0 aromatic heterocycles. The van der Waals surface area contributed by atoms with Crippen molar-refractivity contribution in [3.05, 3.63) is 0 Å². The minimum atomic E-state index is -1.13. The van der Waals surface area contributed by atoms with Crippen LogP contribution >= 0.6 is 12.6 Å². The third kappa shape index (κ3) is 6.95. The Morgan fingerprint density at radius 1 is 1.21 bits per heavy atom. The van der Waals surface area contributed by atoms with Gasteiger partial charge in [0.25, 0.3) is 0 Å². The third-order valence-corrected chi connectivity index (χ3v) is 4.98. The minimum Gasteiger partial charge on any atom is -0.480 e. The van der Waals surface area contributed by atoms with Crippen molar-refractivity contribution in [2.45, 2.75) is 63.2 Å². The van der Waals surface area contributed by atoms with Crippen LogP contribution in [-0.2, 0) is 19.2 Å². The van der Waals surface area contributed by atoms with E-state index in [9.17, 15) is 24.3 Å². The molecule has 0 aromatic carbocycles. The van der Waals surface area contributed by atoms with Gasteiger partial charge in [0, 0.05) is 12.3 Å². The molecule has 0 saturated carbocycles. The fourth-order valence-electron chi connectivity index (χ4n) is 3.01. The summed E-state index contributed by atoms with van der Waals surface area (Å²) in [5.74, 6) is -2.50. The summed E-state index contributed by atoms with van der Waals surface area (Å²) in [4.78, 5) is 50.0. The van der Waals surface area contributed by atoms with Crippen LogP contribution in [0.4, 0.5) is 0 Å². The Balaban J connectivity index is 2.78. The molecular weight excluding hydrogens is 386 g/mol. The van der Waals surface area contributed by atoms with Crippen molar-refractivity contribution in [2.75, 3.05) is 18.8 Å². The van der Waals surface area contributed by atoms with Crippen molar-refractivity contribution in [3.63, 3.8) is 0 Å². The normalized spacial score (nSPS) is 19.6. The number of carboxylic acids is 1. The van der Waals surface area contributed by atoms with Crippen LogP contribution in [0, 0.1) is 0 Å². The van der Waals surface area contributed by atoms with Crippen LogP contribution in [0.2, 0.25) is 0 Å². The van der Waals surface area contributed by atoms with E-state index in [1.54, 1.807) is 0 Å². The number of unbranched alkanes of at least 4 members (excludes halogenated alkanes) is 1. The molecule has 0 spiro atoms. The lowest BCUT2D eigenvalue weighted by Gasteiger charge is -2.29. The number of carboxylic acid groups (broad SMARTS) is 1. The molecule has 4 atom stereocenters. The van der Waals surface area contributed by atoms with Crippen LogP contribution < -0.4 is 22.1 Å². The van der Waals surface area contributed by atoms with Gasteiger partial charge in [0.05, 0.1) is 6.04 Å². The monoisotopic (exact) mass is 417 g/mol. The Morgan fingerprint density at radius 3 is 2.43 bits per heavy atom. The maximum atomic E-state index is 12.8. The maximum Gasteiger partial charge on any atom is 0.326 e. The first-order valence-electron chi connectivity index (χ1n) is 9.43. The number of hydrogen-bond donors (Lipinski definition) is 6. The van der Waals surface area contributed by atoms with Crippen molar-refractivity contribution < 1.29 is 24.3 Å². The number of nitrogens with zero attached hydrogens (tertiary/aromatic N) is 1. The van der Waals surface area contributed by atoms with E-state index in [0.717, 1.165) is 0 Å². The number of thiol groups is 1. The Kier molecular flexibility index (Phi) is 10.3. The van der Waals surface area contributed by atoms with Crippen LogP contribution in [0.15, 0.2) is 0 Å². The summed E-state index contributed by atoms with van der Waals surface area (Å²) in [6.45, 7) is 2.29. The quantitative estimate of drug-likeness (QED) is 0.174. The van der Waals surface area contributed by atoms with Gasteiger partial charge in [0.15, 0.2) is 0 Å². The number of carbonyl (C=O) groups excluding carboxylic acids is 3. The van der Waals surface area contributed by atoms with Gasteiger partial charge in [-0.1, -0.05) is 0 Å². The molecule has 0 aromatic rings. The Bertz CT molecular complexity index is 574. The molecule has 10 nitrogen and oxygen atoms in total. The average molecular weight is 418 g/mol. The molecule has 0 bridgehead atoms. The van der Waals surface area contributed by atoms with Gasteiger partial charge in [-0.25, -0.2) is 4.79 Å². The molecule has 3 amide bonds. The van der Waals surface area contributed by atoms with Crippen molar-refractivity contribution in [1.82, 2.24) is 15.5 Å². The molecule has 160 valence electrons. The first kappa shape index (κ1) is 24.2. The molecule has 1 rings (SSSR count). The van der Waals surface area contributed by atoms with Gasteiger partial charge in [0.1, 0.15) is 18.1 Å². The number of hydrogen-bond acceptors (Lipinski definition) is 7. The van der Waals surface area contributed by atoms with Crippen molar-refractivity contribution in [2.24, 2.45) is 11.5 Å². The van der Waals surface area contributed by atoms with E-state index < -0.39 is 47.9 Å². The van der Waals surface area contributed by atoms with Crippen molar-refractivity contribution in [3.8, 4) is 0 Å². The highest BCUT2D eigenvalue weighted by Crippen LogP contribution is 2.19. The van der Waals surface area contributed by atoms with Crippen LogP contribution in [0.1, 0.15) is 39.0 Å². The van der Waals surface area contributed by atoms with E-state index in [-0.39, 0.29) is 12.2 Å². The van der Waals surface area contributed by atoms with Gasteiger partial charge in [-0.2, -0.15) is 12.6 Å². The standard InChI is InChI=1S/C17H31N5O5S/c1-10(19)14(23)21-12(9-28)16(25)22-8-4-6-13(22)15(24)20-11(17(26)27)5-2-3-7-18/h10-13,28H,2-9,18-19H2,1H3,(H,20,24)(H,21,23)(H,26,27). The topological polar surface area (TPSA) is 168 Å². The third-order valence-electron chi connectivity index (χ3n) is 4.61. The molecule has 1 aliphatic heterocycles. The van der Waals surface area contributed by atoms with Crippen LogP contribution in [0.3, 0.4) is 0 Å². The number of amides is 3. The summed E-state index contributed by atoms with van der Waals surface area (Å²) in [5.41, 5.74) is 10.9. The summed E-state index contributed by atoms with van der Waals surface area (Å²) in [7, 11) is 0. The van der Waals surface area contributed by atoms with E-state index in [1.807, 2.05) is 0 Å². The summed E-state index contributed by atoms with van der Waals surface area (Å²) in [5, 5.41) is 14.4. The summed E-state index contributed by atoms with van der Waals surface area (Å²) >= 11 is 4.11. The zero-order chi connectivity index (χ0) is 21.3. The molecule has 1 heterocycles. The number of nitrogens with one attached hydrogen (secondary N) is 2. The van der Waals surface area contributed by atoms with Crippen LogP contribution in [-0.4, -0.2) is 76.7 Å². The average Bonchev–Trinajstić information content (AvgIpc) is 3.14. The Hall–Kier alpha value is -1.85. The fraction of sp³-hybridized carbons (Fsp3) is 0.765. The molecular formula is C17H31N5O5S. The number of aliphatic carboxylic acids is 1. The van der Waals surface area contributed by atoms with Gasteiger partial charge in [-0.3, -0.25) is 14.4 Å². The highest BCUT2D eigenvalue weighted by molar-refractivity contribution is 7.80. The van der Waals surface area contributed by atoms with Crippen molar-refractivity contribution in [1.29, 1.82) is 0 Å². The molecule has 1 fully saturated rings. The SMILES string of the molecule is CC(N)C(=O)NC(CS)C(=O)N1CCCC1C(=O)NC(CCCCN)C(=O)O. The van der Waals surface area contributed by atoms with E-state index in [4.69, 9.17) is 11.5 Å². The summed E-state index contributed by atoms with van der Waals surface area (Å²) in [6.07, 6.45) is 2.54. The second kappa shape index (κ2) is 11.9. The minimum absolute atomic E-state index is 0.0545. The van der Waals surface area contributed by atoms with Gasteiger partial charge >= 0.3 is 5.97 Å².